The fraction of sp³-hybridized carbons (Fsp3) is 0.357. The lowest BCUT2D eigenvalue weighted by Crippen LogP contribution is -2.22. The third-order valence-corrected chi connectivity index (χ3v) is 7.85. The number of aromatic nitrogens is 4. The van der Waals surface area contributed by atoms with Crippen LogP contribution in [0.25, 0.3) is 11.0 Å². The van der Waals surface area contributed by atoms with E-state index in [1.54, 1.807) is 12.4 Å². The highest BCUT2D eigenvalue weighted by atomic mass is 28.3. The number of pyridine rings is 2. The molecule has 1 aromatic carbocycles. The summed E-state index contributed by atoms with van der Waals surface area (Å²) in [7, 11) is -1.13. The zero-order chi connectivity index (χ0) is 26.6. The third kappa shape index (κ3) is 7.02. The molecule has 3 aromatic heterocycles. The monoisotopic (exact) mass is 516 g/mol. The minimum atomic E-state index is -1.13. The summed E-state index contributed by atoms with van der Waals surface area (Å²) in [6, 6.07) is 12.9. The molecule has 4 rings (SSSR count). The highest BCUT2D eigenvalue weighted by molar-refractivity contribution is 6.76. The van der Waals surface area contributed by atoms with Crippen LogP contribution in [0.2, 0.25) is 25.7 Å². The predicted molar refractivity (Wildman–Crippen MR) is 152 cm³/mol. The molecule has 194 valence electrons. The highest BCUT2D eigenvalue weighted by Gasteiger charge is 2.15. The zero-order valence-electron chi connectivity index (χ0n) is 22.5. The van der Waals surface area contributed by atoms with Crippen LogP contribution in [0, 0.1) is 13.8 Å². The molecular weight excluding hydrogens is 480 g/mol. The summed E-state index contributed by atoms with van der Waals surface area (Å²) < 4.78 is 7.72. The second-order valence-corrected chi connectivity index (χ2v) is 16.3. The summed E-state index contributed by atoms with van der Waals surface area (Å²) in [6.45, 7) is 14.2. The Kier molecular flexibility index (Phi) is 8.04. The van der Waals surface area contributed by atoms with Crippen LogP contribution in [0.15, 0.2) is 55.0 Å². The number of ether oxygens (including phenoxy) is 1. The average molecular weight is 517 g/mol. The minimum absolute atomic E-state index is 0.00279. The van der Waals surface area contributed by atoms with Crippen LogP contribution in [0.3, 0.4) is 0 Å². The molecule has 1 atom stereocenters. The molecule has 1 amide bonds. The van der Waals surface area contributed by atoms with E-state index in [-0.39, 0.29) is 11.9 Å². The summed E-state index contributed by atoms with van der Waals surface area (Å²) >= 11 is 0. The smallest absolute Gasteiger partial charge is 0.257 e. The SMILES string of the molecule is Cc1cncc(C(=O)Nc2cccc(C(C)Nc3cnc4c(c3)c(C)nn4COCC[Si](C)(C)C)c2)c1. The highest BCUT2D eigenvalue weighted by Crippen LogP contribution is 2.25. The molecule has 8 nitrogen and oxygen atoms in total. The first kappa shape index (κ1) is 26.5. The van der Waals surface area contributed by atoms with Gasteiger partial charge < -0.3 is 15.4 Å². The Hall–Kier alpha value is -3.56. The van der Waals surface area contributed by atoms with Crippen molar-refractivity contribution in [1.29, 1.82) is 0 Å². The van der Waals surface area contributed by atoms with Gasteiger partial charge in [0.05, 0.1) is 23.1 Å². The Bertz CT molecular complexity index is 1400. The predicted octanol–water partition coefficient (Wildman–Crippen LogP) is 6.18. The molecule has 0 radical (unpaired) electrons. The van der Waals surface area contributed by atoms with Crippen LogP contribution >= 0.6 is 0 Å². The second kappa shape index (κ2) is 11.2. The van der Waals surface area contributed by atoms with E-state index < -0.39 is 8.07 Å². The Morgan fingerprint density at radius 1 is 1.08 bits per heavy atom. The van der Waals surface area contributed by atoms with Gasteiger partial charge in [0.2, 0.25) is 0 Å². The number of rotatable bonds is 10. The molecule has 0 fully saturated rings. The van der Waals surface area contributed by atoms with Crippen molar-refractivity contribution >= 4 is 36.4 Å². The molecule has 0 aliphatic rings. The van der Waals surface area contributed by atoms with Gasteiger partial charge in [0, 0.05) is 44.2 Å². The Balaban J connectivity index is 1.42. The number of carbonyl (C=O) groups is 1. The van der Waals surface area contributed by atoms with E-state index in [0.29, 0.717) is 12.3 Å². The van der Waals surface area contributed by atoms with Crippen LogP contribution in [0.1, 0.15) is 40.1 Å². The third-order valence-electron chi connectivity index (χ3n) is 6.15. The number of carbonyl (C=O) groups excluding carboxylic acids is 1. The van der Waals surface area contributed by atoms with Gasteiger partial charge in [-0.3, -0.25) is 9.78 Å². The molecular formula is C28H36N6O2Si. The standard InChI is InChI=1S/C28H36N6O2Si/c1-19-12-23(16-29-15-19)28(35)32-24-9-7-8-22(13-24)20(2)31-25-14-26-21(3)33-34(27(26)30-17-25)18-36-10-11-37(4,5)6/h7-9,12-17,20,31H,10-11,18H2,1-6H3,(H,32,35). The first-order valence-electron chi connectivity index (χ1n) is 12.6. The number of anilines is 2. The van der Waals surface area contributed by atoms with E-state index in [2.05, 4.69) is 58.3 Å². The van der Waals surface area contributed by atoms with Crippen molar-refractivity contribution in [3.05, 3.63) is 77.4 Å². The Morgan fingerprint density at radius 3 is 2.65 bits per heavy atom. The maximum absolute atomic E-state index is 12.6. The van der Waals surface area contributed by atoms with Gasteiger partial charge in [-0.2, -0.15) is 5.10 Å². The number of nitrogens with zero attached hydrogens (tertiary/aromatic N) is 4. The largest absolute Gasteiger partial charge is 0.377 e. The normalized spacial score (nSPS) is 12.5. The molecule has 37 heavy (non-hydrogen) atoms. The molecule has 2 N–H and O–H groups in total. The van der Waals surface area contributed by atoms with Crippen molar-refractivity contribution in [1.82, 2.24) is 19.7 Å². The fourth-order valence-corrected chi connectivity index (χ4v) is 4.77. The van der Waals surface area contributed by atoms with Crippen LogP contribution in [-0.4, -0.2) is 40.3 Å². The van der Waals surface area contributed by atoms with E-state index in [4.69, 9.17) is 4.74 Å². The maximum atomic E-state index is 12.6. The van der Waals surface area contributed by atoms with Gasteiger partial charge in [0.1, 0.15) is 6.73 Å². The second-order valence-electron chi connectivity index (χ2n) is 10.7. The molecule has 9 heteroatoms. The lowest BCUT2D eigenvalue weighted by Gasteiger charge is -2.17. The summed E-state index contributed by atoms with van der Waals surface area (Å²) in [5.74, 6) is -0.180. The number of benzene rings is 1. The van der Waals surface area contributed by atoms with Gasteiger partial charge in [-0.15, -0.1) is 0 Å². The van der Waals surface area contributed by atoms with E-state index in [1.807, 2.05) is 55.1 Å². The van der Waals surface area contributed by atoms with Gasteiger partial charge >= 0.3 is 0 Å². The molecule has 1 unspecified atom stereocenters. The van der Waals surface area contributed by atoms with Crippen molar-refractivity contribution in [3.8, 4) is 0 Å². The Labute approximate surface area is 219 Å². The topological polar surface area (TPSA) is 94.0 Å². The number of nitrogens with one attached hydrogen (secondary N) is 2. The fourth-order valence-electron chi connectivity index (χ4n) is 4.01. The first-order chi connectivity index (χ1) is 17.6. The van der Waals surface area contributed by atoms with Crippen LogP contribution in [0.5, 0.6) is 0 Å². The van der Waals surface area contributed by atoms with Crippen molar-refractivity contribution in [3.63, 3.8) is 0 Å². The number of amides is 1. The summed E-state index contributed by atoms with van der Waals surface area (Å²) in [5, 5.41) is 12.1. The van der Waals surface area contributed by atoms with Crippen molar-refractivity contribution in [2.45, 2.75) is 59.2 Å². The number of hydrogen-bond acceptors (Lipinski definition) is 6. The maximum Gasteiger partial charge on any atom is 0.257 e. The molecule has 0 aliphatic carbocycles. The van der Waals surface area contributed by atoms with Gasteiger partial charge in [-0.25, -0.2) is 9.67 Å². The van der Waals surface area contributed by atoms with Crippen LogP contribution < -0.4 is 10.6 Å². The van der Waals surface area contributed by atoms with Gasteiger partial charge in [0.15, 0.2) is 5.65 Å². The molecule has 3 heterocycles. The summed E-state index contributed by atoms with van der Waals surface area (Å²) in [6.07, 6.45) is 5.13. The zero-order valence-corrected chi connectivity index (χ0v) is 23.5. The van der Waals surface area contributed by atoms with E-state index >= 15 is 0 Å². The summed E-state index contributed by atoms with van der Waals surface area (Å²) in [5.41, 5.74) is 5.90. The lowest BCUT2D eigenvalue weighted by atomic mass is 10.1. The van der Waals surface area contributed by atoms with Gasteiger partial charge in [-0.1, -0.05) is 31.8 Å². The lowest BCUT2D eigenvalue weighted by molar-refractivity contribution is 0.0811. The van der Waals surface area contributed by atoms with Gasteiger partial charge in [-0.05, 0) is 62.2 Å². The minimum Gasteiger partial charge on any atom is -0.377 e. The Morgan fingerprint density at radius 2 is 1.89 bits per heavy atom. The average Bonchev–Trinajstić information content (AvgIpc) is 3.16. The van der Waals surface area contributed by atoms with E-state index in [1.165, 1.54) is 0 Å². The molecule has 0 aliphatic heterocycles. The quantitative estimate of drug-likeness (QED) is 0.193. The first-order valence-corrected chi connectivity index (χ1v) is 16.3. The molecule has 4 aromatic rings. The van der Waals surface area contributed by atoms with Crippen molar-refractivity contribution in [2.24, 2.45) is 0 Å². The number of aryl methyl sites for hydroxylation is 2. The molecule has 0 saturated carbocycles. The van der Waals surface area contributed by atoms with E-state index in [0.717, 1.165) is 51.9 Å². The van der Waals surface area contributed by atoms with E-state index in [9.17, 15) is 4.79 Å². The number of fused-ring (bicyclic) bond motifs is 1. The van der Waals surface area contributed by atoms with Crippen molar-refractivity contribution in [2.75, 3.05) is 17.2 Å². The van der Waals surface area contributed by atoms with Crippen LogP contribution in [-0.2, 0) is 11.5 Å². The molecule has 0 saturated heterocycles. The summed E-state index contributed by atoms with van der Waals surface area (Å²) in [4.78, 5) is 21.4. The van der Waals surface area contributed by atoms with Crippen LogP contribution in [0.4, 0.5) is 11.4 Å². The number of hydrogen-bond donors (Lipinski definition) is 2. The van der Waals surface area contributed by atoms with Crippen molar-refractivity contribution < 1.29 is 9.53 Å². The van der Waals surface area contributed by atoms with Gasteiger partial charge in [0.25, 0.3) is 5.91 Å². The molecule has 0 bridgehead atoms. The molecule has 0 spiro atoms.